The number of ether oxygens (including phenoxy) is 1. The summed E-state index contributed by atoms with van der Waals surface area (Å²) in [5.41, 5.74) is 0.479. The molecule has 1 N–H and O–H groups in total. The van der Waals surface area contributed by atoms with Crippen molar-refractivity contribution in [1.82, 2.24) is 19.5 Å². The van der Waals surface area contributed by atoms with Crippen molar-refractivity contribution in [2.45, 2.75) is 62.8 Å². The topological polar surface area (TPSA) is 71.1 Å². The Morgan fingerprint density at radius 3 is 2.74 bits per heavy atom. The standard InChI is InChI=1S/C26H32F2N4O2S/c1-4-6-7-19(5-2)24-9-8-18(3)32(35(24)33)16-20-14-23(28)21(15-22(20)27)26(10-12-34-13-11-26)25-29-17-30-31-25/h4-7,14-15,17-18,24H,2,8-13,16H2,1,3H3,(H,29,30,31)/b6-4-,19-7+/t18-,24+,35?/m0/s1. The monoisotopic (exact) mass is 502 g/mol. The minimum atomic E-state index is -1.41. The second kappa shape index (κ2) is 11.1. The molecule has 1 aromatic carbocycles. The van der Waals surface area contributed by atoms with E-state index >= 15 is 8.78 Å². The highest BCUT2D eigenvalue weighted by Gasteiger charge is 2.42. The molecule has 2 aromatic rings. The molecule has 4 rings (SSSR count). The average molecular weight is 503 g/mol. The first-order valence-electron chi connectivity index (χ1n) is 12.0. The van der Waals surface area contributed by atoms with Crippen LogP contribution >= 0.6 is 0 Å². The van der Waals surface area contributed by atoms with Crippen LogP contribution in [0.25, 0.3) is 0 Å². The Bertz CT molecular complexity index is 1130. The summed E-state index contributed by atoms with van der Waals surface area (Å²) in [6.45, 7) is 8.65. The minimum Gasteiger partial charge on any atom is -0.381 e. The summed E-state index contributed by atoms with van der Waals surface area (Å²) < 4.78 is 51.8. The Morgan fingerprint density at radius 2 is 2.09 bits per heavy atom. The number of nitrogens with zero attached hydrogens (tertiary/aromatic N) is 3. The highest BCUT2D eigenvalue weighted by atomic mass is 32.2. The van der Waals surface area contributed by atoms with E-state index in [4.69, 9.17) is 4.74 Å². The lowest BCUT2D eigenvalue weighted by Crippen LogP contribution is -2.44. The molecule has 0 bridgehead atoms. The van der Waals surface area contributed by atoms with Gasteiger partial charge in [0, 0.05) is 36.9 Å². The van der Waals surface area contributed by atoms with Crippen LogP contribution in [0.1, 0.15) is 56.5 Å². The van der Waals surface area contributed by atoms with Gasteiger partial charge in [0.25, 0.3) is 0 Å². The molecule has 188 valence electrons. The summed E-state index contributed by atoms with van der Waals surface area (Å²) in [4.78, 5) is 4.27. The number of nitrogens with one attached hydrogen (secondary N) is 1. The second-order valence-corrected chi connectivity index (χ2v) is 10.7. The van der Waals surface area contributed by atoms with Crippen LogP contribution in [0.3, 0.4) is 0 Å². The summed E-state index contributed by atoms with van der Waals surface area (Å²) in [6, 6.07) is 2.49. The fraction of sp³-hybridized carbons (Fsp3) is 0.462. The minimum absolute atomic E-state index is 0.0296. The summed E-state index contributed by atoms with van der Waals surface area (Å²) >= 11 is 0. The number of rotatable bonds is 7. The first-order valence-corrected chi connectivity index (χ1v) is 13.1. The van der Waals surface area contributed by atoms with Crippen molar-refractivity contribution in [1.29, 1.82) is 0 Å². The number of aromatic nitrogens is 3. The molecule has 6 nitrogen and oxygen atoms in total. The average Bonchev–Trinajstić information content (AvgIpc) is 3.41. The third-order valence-electron chi connectivity index (χ3n) is 7.09. The van der Waals surface area contributed by atoms with Crippen molar-refractivity contribution in [2.24, 2.45) is 0 Å². The number of hydrogen-bond donors (Lipinski definition) is 1. The number of halogens is 2. The summed E-state index contributed by atoms with van der Waals surface area (Å²) in [5, 5.41) is 6.54. The van der Waals surface area contributed by atoms with E-state index in [1.807, 2.05) is 32.1 Å². The van der Waals surface area contributed by atoms with Crippen LogP contribution in [0.4, 0.5) is 8.78 Å². The molecule has 2 fully saturated rings. The Labute approximate surface area is 207 Å². The lowest BCUT2D eigenvalue weighted by molar-refractivity contribution is 0.0593. The highest BCUT2D eigenvalue weighted by Crippen LogP contribution is 2.41. The molecule has 9 heteroatoms. The van der Waals surface area contributed by atoms with Gasteiger partial charge in [-0.3, -0.25) is 5.10 Å². The maximum absolute atomic E-state index is 15.6. The van der Waals surface area contributed by atoms with Crippen molar-refractivity contribution in [2.75, 3.05) is 13.2 Å². The van der Waals surface area contributed by atoms with Crippen LogP contribution in [0, 0.1) is 11.6 Å². The van der Waals surface area contributed by atoms with Gasteiger partial charge in [0.15, 0.2) is 0 Å². The van der Waals surface area contributed by atoms with E-state index in [9.17, 15) is 4.21 Å². The summed E-state index contributed by atoms with van der Waals surface area (Å²) in [5.74, 6) is -0.525. The van der Waals surface area contributed by atoms with Gasteiger partial charge < -0.3 is 4.74 Å². The maximum atomic E-state index is 15.6. The predicted molar refractivity (Wildman–Crippen MR) is 133 cm³/mol. The SMILES string of the molecule is C=C/C(=C\C=C/C)[C@H]1CC[C@H](C)N(Cc2cc(F)c(C3(c4ncn[nH]4)CCOCC3)cc2F)S1=O. The highest BCUT2D eigenvalue weighted by molar-refractivity contribution is 7.83. The largest absolute Gasteiger partial charge is 0.381 e. The third kappa shape index (κ3) is 5.08. The van der Waals surface area contributed by atoms with Gasteiger partial charge in [-0.15, -0.1) is 0 Å². The molecule has 2 aliphatic rings. The van der Waals surface area contributed by atoms with Crippen molar-refractivity contribution in [3.05, 3.63) is 83.5 Å². The van der Waals surface area contributed by atoms with E-state index in [2.05, 4.69) is 21.8 Å². The molecule has 2 aliphatic heterocycles. The molecule has 0 aliphatic carbocycles. The van der Waals surface area contributed by atoms with Crippen LogP contribution in [-0.4, -0.2) is 48.2 Å². The fourth-order valence-electron chi connectivity index (χ4n) is 5.03. The van der Waals surface area contributed by atoms with E-state index < -0.39 is 28.0 Å². The normalized spacial score (nSPS) is 25.7. The van der Waals surface area contributed by atoms with Gasteiger partial charge in [-0.1, -0.05) is 30.9 Å². The molecule has 1 aromatic heterocycles. The number of aromatic amines is 1. The zero-order chi connectivity index (χ0) is 25.0. The van der Waals surface area contributed by atoms with E-state index in [1.54, 1.807) is 10.4 Å². The molecule has 0 radical (unpaired) electrons. The van der Waals surface area contributed by atoms with Gasteiger partial charge in [-0.2, -0.15) is 5.10 Å². The lowest BCUT2D eigenvalue weighted by atomic mass is 9.73. The van der Waals surface area contributed by atoms with Crippen molar-refractivity contribution < 1.29 is 17.7 Å². The van der Waals surface area contributed by atoms with E-state index in [-0.39, 0.29) is 29.0 Å². The van der Waals surface area contributed by atoms with Crippen LogP contribution in [-0.2, 0) is 27.7 Å². The first kappa shape index (κ1) is 25.6. The molecule has 3 atom stereocenters. The lowest BCUT2D eigenvalue weighted by Gasteiger charge is -2.38. The van der Waals surface area contributed by atoms with Gasteiger partial charge in [0.1, 0.15) is 34.8 Å². The maximum Gasteiger partial charge on any atom is 0.137 e. The Hall–Kier alpha value is -2.49. The fourth-order valence-corrected chi connectivity index (χ4v) is 6.83. The van der Waals surface area contributed by atoms with Crippen LogP contribution < -0.4 is 0 Å². The van der Waals surface area contributed by atoms with E-state index in [0.717, 1.165) is 18.4 Å². The van der Waals surface area contributed by atoms with Crippen LogP contribution in [0.15, 0.2) is 54.9 Å². The van der Waals surface area contributed by atoms with Gasteiger partial charge >= 0.3 is 0 Å². The zero-order valence-corrected chi connectivity index (χ0v) is 21.0. The van der Waals surface area contributed by atoms with Gasteiger partial charge in [-0.25, -0.2) is 22.3 Å². The molecule has 0 saturated carbocycles. The molecular weight excluding hydrogens is 470 g/mol. The van der Waals surface area contributed by atoms with Gasteiger partial charge in [0.2, 0.25) is 0 Å². The van der Waals surface area contributed by atoms with Gasteiger partial charge in [0.05, 0.1) is 10.7 Å². The van der Waals surface area contributed by atoms with Crippen molar-refractivity contribution >= 4 is 11.0 Å². The number of H-pyrrole nitrogens is 1. The number of benzene rings is 1. The van der Waals surface area contributed by atoms with Crippen LogP contribution in [0.2, 0.25) is 0 Å². The summed E-state index contributed by atoms with van der Waals surface area (Å²) in [6.07, 6.45) is 11.3. The second-order valence-electron chi connectivity index (χ2n) is 9.11. The predicted octanol–water partition coefficient (Wildman–Crippen LogP) is 4.88. The Kier molecular flexibility index (Phi) is 8.09. The smallest absolute Gasteiger partial charge is 0.137 e. The third-order valence-corrected chi connectivity index (χ3v) is 9.04. The zero-order valence-electron chi connectivity index (χ0n) is 20.2. The molecule has 2 saturated heterocycles. The Morgan fingerprint density at radius 1 is 1.31 bits per heavy atom. The summed E-state index contributed by atoms with van der Waals surface area (Å²) in [7, 11) is -1.41. The molecule has 1 unspecified atom stereocenters. The van der Waals surface area contributed by atoms with Crippen molar-refractivity contribution in [3.63, 3.8) is 0 Å². The molecular formula is C26H32F2N4O2S. The Balaban J connectivity index is 1.64. The molecule has 0 spiro atoms. The molecule has 35 heavy (non-hydrogen) atoms. The molecule has 0 amide bonds. The van der Waals surface area contributed by atoms with Gasteiger partial charge in [-0.05, 0) is 57.2 Å². The van der Waals surface area contributed by atoms with E-state index in [0.29, 0.717) is 31.9 Å². The quantitative estimate of drug-likeness (QED) is 0.548. The number of hydrogen-bond acceptors (Lipinski definition) is 4. The molecule has 3 heterocycles. The van der Waals surface area contributed by atoms with Crippen LogP contribution in [0.5, 0.6) is 0 Å². The first-order chi connectivity index (χ1) is 16.9. The van der Waals surface area contributed by atoms with E-state index in [1.165, 1.54) is 18.5 Å². The van der Waals surface area contributed by atoms with Crippen molar-refractivity contribution in [3.8, 4) is 0 Å². The number of allylic oxidation sites excluding steroid dienone is 4.